The molecule has 68 valence electrons. The van der Waals surface area contributed by atoms with Gasteiger partial charge < -0.3 is 4.52 Å². The zero-order chi connectivity index (χ0) is 9.26. The molecule has 0 unspecified atom stereocenters. The van der Waals surface area contributed by atoms with Crippen molar-refractivity contribution in [2.24, 2.45) is 5.84 Å². The molecule has 2 rings (SSSR count). The molecule has 0 atom stereocenters. The average molecular weight is 261 g/mol. The molecular formula is C6H5BrN4OS. The molecule has 0 saturated heterocycles. The zero-order valence-corrected chi connectivity index (χ0v) is 8.72. The van der Waals surface area contributed by atoms with Crippen LogP contribution in [0.1, 0.15) is 0 Å². The minimum absolute atomic E-state index is 0.208. The van der Waals surface area contributed by atoms with Crippen LogP contribution in [0.4, 0.5) is 6.01 Å². The summed E-state index contributed by atoms with van der Waals surface area (Å²) >= 11 is 4.86. The van der Waals surface area contributed by atoms with E-state index in [2.05, 4.69) is 31.5 Å². The number of nitrogens with zero attached hydrogens (tertiary/aromatic N) is 2. The number of hydrazine groups is 1. The van der Waals surface area contributed by atoms with Gasteiger partial charge in [0.2, 0.25) is 5.82 Å². The number of hydrogen-bond donors (Lipinski definition) is 2. The molecule has 0 aliphatic carbocycles. The molecule has 0 aromatic carbocycles. The largest absolute Gasteiger partial charge is 0.335 e. The number of halogens is 1. The van der Waals surface area contributed by atoms with Gasteiger partial charge in [0.1, 0.15) is 0 Å². The Morgan fingerprint density at radius 2 is 2.46 bits per heavy atom. The molecule has 2 aromatic heterocycles. The minimum Gasteiger partial charge on any atom is -0.314 e. The third-order valence-electron chi connectivity index (χ3n) is 1.34. The van der Waals surface area contributed by atoms with Crippen molar-refractivity contribution in [3.05, 3.63) is 15.9 Å². The van der Waals surface area contributed by atoms with Crippen molar-refractivity contribution in [1.82, 2.24) is 10.1 Å². The Morgan fingerprint density at radius 1 is 1.62 bits per heavy atom. The lowest BCUT2D eigenvalue weighted by Gasteiger charge is -1.83. The van der Waals surface area contributed by atoms with Crippen LogP contribution < -0.4 is 11.3 Å². The number of nitrogen functional groups attached to an aromatic ring is 1. The molecule has 0 fully saturated rings. The monoisotopic (exact) mass is 260 g/mol. The Labute approximate surface area is 86.0 Å². The Kier molecular flexibility index (Phi) is 2.30. The molecule has 0 aliphatic heterocycles. The Bertz CT molecular complexity index is 412. The summed E-state index contributed by atoms with van der Waals surface area (Å²) < 4.78 is 5.77. The van der Waals surface area contributed by atoms with Crippen molar-refractivity contribution in [3.8, 4) is 10.7 Å². The van der Waals surface area contributed by atoms with Gasteiger partial charge in [-0.15, -0.1) is 11.3 Å². The second kappa shape index (κ2) is 3.44. The van der Waals surface area contributed by atoms with Crippen LogP contribution in [-0.2, 0) is 0 Å². The number of thiophene rings is 1. The van der Waals surface area contributed by atoms with Crippen LogP contribution in [0.5, 0.6) is 0 Å². The molecular weight excluding hydrogens is 256 g/mol. The highest BCUT2D eigenvalue weighted by atomic mass is 79.9. The molecule has 2 aromatic rings. The third-order valence-corrected chi connectivity index (χ3v) is 3.02. The molecule has 0 saturated carbocycles. The van der Waals surface area contributed by atoms with Crippen molar-refractivity contribution < 1.29 is 4.52 Å². The van der Waals surface area contributed by atoms with Gasteiger partial charge in [-0.2, -0.15) is 4.98 Å². The smallest absolute Gasteiger partial charge is 0.314 e. The van der Waals surface area contributed by atoms with Crippen molar-refractivity contribution >= 4 is 33.3 Å². The van der Waals surface area contributed by atoms with E-state index < -0.39 is 0 Å². The van der Waals surface area contributed by atoms with E-state index >= 15 is 0 Å². The second-order valence-corrected chi connectivity index (χ2v) is 4.02. The maximum atomic E-state index is 5.09. The van der Waals surface area contributed by atoms with Crippen molar-refractivity contribution in [2.45, 2.75) is 0 Å². The molecule has 0 amide bonds. The Hall–Kier alpha value is -0.920. The van der Waals surface area contributed by atoms with Gasteiger partial charge in [-0.25, -0.2) is 5.84 Å². The van der Waals surface area contributed by atoms with Gasteiger partial charge in [-0.1, -0.05) is 5.16 Å². The fourth-order valence-electron chi connectivity index (χ4n) is 0.812. The number of nitrogens with one attached hydrogen (secondary N) is 1. The maximum absolute atomic E-state index is 5.09. The molecule has 5 nitrogen and oxygen atoms in total. The zero-order valence-electron chi connectivity index (χ0n) is 6.32. The van der Waals surface area contributed by atoms with Crippen LogP contribution in [0.3, 0.4) is 0 Å². The fourth-order valence-corrected chi connectivity index (χ4v) is 2.16. The summed E-state index contributed by atoms with van der Waals surface area (Å²) in [6.45, 7) is 0. The van der Waals surface area contributed by atoms with E-state index in [1.165, 1.54) is 11.3 Å². The van der Waals surface area contributed by atoms with E-state index in [0.29, 0.717) is 5.82 Å². The lowest BCUT2D eigenvalue weighted by molar-refractivity contribution is 0.433. The van der Waals surface area contributed by atoms with Crippen molar-refractivity contribution in [2.75, 3.05) is 5.43 Å². The normalized spacial score (nSPS) is 10.3. The van der Waals surface area contributed by atoms with E-state index in [4.69, 9.17) is 10.4 Å². The maximum Gasteiger partial charge on any atom is 0.335 e. The van der Waals surface area contributed by atoms with E-state index in [1.54, 1.807) is 0 Å². The SMILES string of the molecule is NNc1nc(-c2cc(Br)cs2)no1. The predicted molar refractivity (Wildman–Crippen MR) is 53.1 cm³/mol. The summed E-state index contributed by atoms with van der Waals surface area (Å²) in [6.07, 6.45) is 0. The van der Waals surface area contributed by atoms with Crippen LogP contribution in [-0.4, -0.2) is 10.1 Å². The predicted octanol–water partition coefficient (Wildman–Crippen LogP) is 1.85. The lowest BCUT2D eigenvalue weighted by Crippen LogP contribution is -2.06. The van der Waals surface area contributed by atoms with E-state index in [0.717, 1.165) is 9.35 Å². The molecule has 0 spiro atoms. The quantitative estimate of drug-likeness (QED) is 0.637. The Morgan fingerprint density at radius 3 is 3.00 bits per heavy atom. The average Bonchev–Trinajstić information content (AvgIpc) is 2.71. The highest BCUT2D eigenvalue weighted by Gasteiger charge is 2.08. The van der Waals surface area contributed by atoms with Gasteiger partial charge in [-0.3, -0.25) is 5.43 Å². The number of nitrogens with two attached hydrogens (primary N) is 1. The molecule has 0 aliphatic rings. The summed E-state index contributed by atoms with van der Waals surface area (Å²) in [5.74, 6) is 5.63. The summed E-state index contributed by atoms with van der Waals surface area (Å²) in [5, 5.41) is 5.68. The van der Waals surface area contributed by atoms with Gasteiger partial charge in [0.25, 0.3) is 0 Å². The molecule has 2 heterocycles. The van der Waals surface area contributed by atoms with E-state index in [9.17, 15) is 0 Å². The van der Waals surface area contributed by atoms with Gasteiger partial charge in [0, 0.05) is 9.85 Å². The van der Waals surface area contributed by atoms with E-state index in [1.807, 2.05) is 11.4 Å². The lowest BCUT2D eigenvalue weighted by atomic mass is 10.4. The Balaban J connectivity index is 2.35. The summed E-state index contributed by atoms with van der Waals surface area (Å²) in [4.78, 5) is 4.92. The highest BCUT2D eigenvalue weighted by molar-refractivity contribution is 9.10. The summed E-state index contributed by atoms with van der Waals surface area (Å²) in [7, 11) is 0. The van der Waals surface area contributed by atoms with Crippen molar-refractivity contribution in [1.29, 1.82) is 0 Å². The summed E-state index contributed by atoms with van der Waals surface area (Å²) in [5.41, 5.74) is 2.28. The number of hydrogen-bond acceptors (Lipinski definition) is 6. The van der Waals surface area contributed by atoms with Gasteiger partial charge >= 0.3 is 6.01 Å². The first-order valence-corrected chi connectivity index (χ1v) is 5.01. The minimum atomic E-state index is 0.208. The van der Waals surface area contributed by atoms with E-state index in [-0.39, 0.29) is 6.01 Å². The van der Waals surface area contributed by atoms with Gasteiger partial charge in [0.15, 0.2) is 0 Å². The van der Waals surface area contributed by atoms with Gasteiger partial charge in [0.05, 0.1) is 4.88 Å². The number of aromatic nitrogens is 2. The van der Waals surface area contributed by atoms with Crippen LogP contribution >= 0.6 is 27.3 Å². The van der Waals surface area contributed by atoms with Crippen molar-refractivity contribution in [3.63, 3.8) is 0 Å². The molecule has 0 radical (unpaired) electrons. The molecule has 0 bridgehead atoms. The van der Waals surface area contributed by atoms with Gasteiger partial charge in [-0.05, 0) is 22.0 Å². The second-order valence-electron chi connectivity index (χ2n) is 2.20. The standard InChI is InChI=1S/C6H5BrN4OS/c7-3-1-4(13-2-3)5-9-6(10-8)12-11-5/h1-2H,8H2,(H,9,10,11). The van der Waals surface area contributed by atoms with Crippen LogP contribution in [0.2, 0.25) is 0 Å². The number of rotatable bonds is 2. The molecule has 3 N–H and O–H groups in total. The highest BCUT2D eigenvalue weighted by Crippen LogP contribution is 2.28. The first-order valence-electron chi connectivity index (χ1n) is 3.34. The fraction of sp³-hybridized carbons (Fsp3) is 0. The van der Waals surface area contributed by atoms with Crippen LogP contribution in [0, 0.1) is 0 Å². The van der Waals surface area contributed by atoms with Crippen LogP contribution in [0.25, 0.3) is 10.7 Å². The topological polar surface area (TPSA) is 77.0 Å². The molecule has 13 heavy (non-hydrogen) atoms. The molecule has 7 heteroatoms. The first kappa shape index (κ1) is 8.67. The third kappa shape index (κ3) is 1.71. The first-order chi connectivity index (χ1) is 6.29. The van der Waals surface area contributed by atoms with Crippen LogP contribution in [0.15, 0.2) is 20.4 Å². The summed E-state index contributed by atoms with van der Waals surface area (Å²) in [6, 6.07) is 2.12. The number of anilines is 1.